The predicted octanol–water partition coefficient (Wildman–Crippen LogP) is 4.49. The van der Waals surface area contributed by atoms with E-state index in [1.54, 1.807) is 25.3 Å². The van der Waals surface area contributed by atoms with Crippen LogP contribution < -0.4 is 24.3 Å². The van der Waals surface area contributed by atoms with Crippen LogP contribution in [0.4, 0.5) is 0 Å². The molecule has 0 fully saturated rings. The second-order valence-electron chi connectivity index (χ2n) is 6.95. The Morgan fingerprint density at radius 1 is 1.00 bits per heavy atom. The molecule has 4 rings (SSSR count). The molecule has 30 heavy (non-hydrogen) atoms. The lowest BCUT2D eigenvalue weighted by Gasteiger charge is -2.16. The van der Waals surface area contributed by atoms with Gasteiger partial charge in [-0.05, 0) is 48.4 Å². The highest BCUT2D eigenvalue weighted by Crippen LogP contribution is 2.34. The number of carbonyl (C=O) groups is 1. The van der Waals surface area contributed by atoms with Crippen molar-refractivity contribution >= 4 is 5.91 Å². The number of amides is 1. The van der Waals surface area contributed by atoms with Crippen molar-refractivity contribution in [3.05, 3.63) is 83.4 Å². The monoisotopic (exact) mass is 405 g/mol. The quantitative estimate of drug-likeness (QED) is 0.627. The van der Waals surface area contributed by atoms with Crippen molar-refractivity contribution in [1.29, 1.82) is 0 Å². The van der Waals surface area contributed by atoms with Crippen LogP contribution in [0, 0.1) is 0 Å². The lowest BCUT2D eigenvalue weighted by Crippen LogP contribution is -2.26. The molecule has 1 N–H and O–H groups in total. The first-order valence-corrected chi connectivity index (χ1v) is 9.69. The van der Waals surface area contributed by atoms with E-state index in [0.29, 0.717) is 35.2 Å². The molecule has 1 unspecified atom stereocenters. The summed E-state index contributed by atoms with van der Waals surface area (Å²) in [5, 5.41) is 3.00. The van der Waals surface area contributed by atoms with E-state index >= 15 is 0 Å². The van der Waals surface area contributed by atoms with Gasteiger partial charge in [-0.3, -0.25) is 4.79 Å². The predicted molar refractivity (Wildman–Crippen MR) is 112 cm³/mol. The van der Waals surface area contributed by atoms with E-state index in [1.165, 1.54) is 0 Å². The Morgan fingerprint density at radius 3 is 2.60 bits per heavy atom. The van der Waals surface area contributed by atoms with Crippen LogP contribution in [0.5, 0.6) is 23.0 Å². The summed E-state index contributed by atoms with van der Waals surface area (Å²) in [6, 6.07) is 20.5. The van der Waals surface area contributed by atoms with Crippen molar-refractivity contribution < 1.29 is 23.7 Å². The van der Waals surface area contributed by atoms with Gasteiger partial charge < -0.3 is 24.3 Å². The molecule has 0 saturated heterocycles. The molecule has 0 spiro atoms. The van der Waals surface area contributed by atoms with Gasteiger partial charge in [0.15, 0.2) is 23.0 Å². The molecule has 1 aliphatic heterocycles. The van der Waals surface area contributed by atoms with Gasteiger partial charge in [-0.25, -0.2) is 0 Å². The Hall–Kier alpha value is -3.67. The maximum Gasteiger partial charge on any atom is 0.251 e. The molecule has 1 atom stereocenters. The minimum absolute atomic E-state index is 0.201. The second-order valence-corrected chi connectivity index (χ2v) is 6.95. The van der Waals surface area contributed by atoms with Crippen LogP contribution in [0.3, 0.4) is 0 Å². The minimum Gasteiger partial charge on any atom is -0.493 e. The molecule has 0 aromatic heterocycles. The molecule has 6 heteroatoms. The fourth-order valence-electron chi connectivity index (χ4n) is 3.21. The zero-order valence-corrected chi connectivity index (χ0v) is 16.9. The fraction of sp³-hybridized carbons (Fsp3) is 0.208. The smallest absolute Gasteiger partial charge is 0.251 e. The van der Waals surface area contributed by atoms with Crippen molar-refractivity contribution in [2.24, 2.45) is 0 Å². The summed E-state index contributed by atoms with van der Waals surface area (Å²) in [5.41, 5.74) is 2.48. The van der Waals surface area contributed by atoms with Crippen molar-refractivity contribution in [3.8, 4) is 23.0 Å². The SMILES string of the molecule is COc1cc(C(=O)NC(C)c2ccc3c(c2)OCO3)ccc1OCc1ccccc1. The topological polar surface area (TPSA) is 66.0 Å². The maximum atomic E-state index is 12.8. The van der Waals surface area contributed by atoms with E-state index in [1.807, 2.05) is 55.5 Å². The van der Waals surface area contributed by atoms with E-state index < -0.39 is 0 Å². The average molecular weight is 405 g/mol. The lowest BCUT2D eigenvalue weighted by molar-refractivity contribution is 0.0939. The first-order chi connectivity index (χ1) is 14.6. The minimum atomic E-state index is -0.202. The third-order valence-corrected chi connectivity index (χ3v) is 4.91. The van der Waals surface area contributed by atoms with Crippen LogP contribution in [0.15, 0.2) is 66.7 Å². The zero-order valence-electron chi connectivity index (χ0n) is 16.9. The van der Waals surface area contributed by atoms with Crippen LogP contribution in [-0.2, 0) is 6.61 Å². The summed E-state index contributed by atoms with van der Waals surface area (Å²) in [5.74, 6) is 2.30. The van der Waals surface area contributed by atoms with Gasteiger partial charge in [-0.2, -0.15) is 0 Å². The number of fused-ring (bicyclic) bond motifs is 1. The molecular weight excluding hydrogens is 382 g/mol. The first kappa shape index (κ1) is 19.6. The highest BCUT2D eigenvalue weighted by atomic mass is 16.7. The van der Waals surface area contributed by atoms with Gasteiger partial charge in [-0.1, -0.05) is 36.4 Å². The van der Waals surface area contributed by atoms with E-state index in [4.69, 9.17) is 18.9 Å². The molecule has 0 radical (unpaired) electrons. The van der Waals surface area contributed by atoms with Gasteiger partial charge in [0.2, 0.25) is 6.79 Å². The standard InChI is InChI=1S/C24H23NO5/c1-16(18-8-10-21-23(12-18)30-15-29-21)25-24(26)19-9-11-20(22(13-19)27-2)28-14-17-6-4-3-5-7-17/h3-13,16H,14-15H2,1-2H3,(H,25,26). The highest BCUT2D eigenvalue weighted by molar-refractivity contribution is 5.95. The number of hydrogen-bond acceptors (Lipinski definition) is 5. The third-order valence-electron chi connectivity index (χ3n) is 4.91. The molecule has 1 heterocycles. The van der Waals surface area contributed by atoms with Crippen molar-refractivity contribution in [2.45, 2.75) is 19.6 Å². The lowest BCUT2D eigenvalue weighted by atomic mass is 10.1. The van der Waals surface area contributed by atoms with Gasteiger partial charge in [0.05, 0.1) is 13.2 Å². The number of rotatable bonds is 7. The van der Waals surface area contributed by atoms with Crippen LogP contribution in [0.25, 0.3) is 0 Å². The van der Waals surface area contributed by atoms with Crippen molar-refractivity contribution in [2.75, 3.05) is 13.9 Å². The normalized spacial score (nSPS) is 12.9. The van der Waals surface area contributed by atoms with Crippen LogP contribution in [0.1, 0.15) is 34.5 Å². The molecular formula is C24H23NO5. The largest absolute Gasteiger partial charge is 0.493 e. The molecule has 3 aromatic carbocycles. The van der Waals surface area contributed by atoms with Gasteiger partial charge in [-0.15, -0.1) is 0 Å². The van der Waals surface area contributed by atoms with Gasteiger partial charge in [0.25, 0.3) is 5.91 Å². The number of nitrogens with one attached hydrogen (secondary N) is 1. The Kier molecular flexibility index (Phi) is 5.75. The van der Waals surface area contributed by atoms with Crippen LogP contribution in [-0.4, -0.2) is 19.8 Å². The molecule has 1 amide bonds. The molecule has 0 bridgehead atoms. The van der Waals surface area contributed by atoms with Gasteiger partial charge in [0.1, 0.15) is 6.61 Å². The Labute approximate surface area is 175 Å². The summed E-state index contributed by atoms with van der Waals surface area (Å²) in [4.78, 5) is 12.8. The molecule has 3 aromatic rings. The summed E-state index contributed by atoms with van der Waals surface area (Å²) < 4.78 is 22.0. The van der Waals surface area contributed by atoms with Crippen LogP contribution >= 0.6 is 0 Å². The van der Waals surface area contributed by atoms with Crippen molar-refractivity contribution in [3.63, 3.8) is 0 Å². The number of benzene rings is 3. The summed E-state index contributed by atoms with van der Waals surface area (Å²) in [6.45, 7) is 2.56. The average Bonchev–Trinajstić information content (AvgIpc) is 3.26. The summed E-state index contributed by atoms with van der Waals surface area (Å²) >= 11 is 0. The number of methoxy groups -OCH3 is 1. The molecule has 6 nitrogen and oxygen atoms in total. The Bertz CT molecular complexity index is 1040. The number of ether oxygens (including phenoxy) is 4. The zero-order chi connectivity index (χ0) is 20.9. The Morgan fingerprint density at radius 2 is 1.80 bits per heavy atom. The Balaban J connectivity index is 1.43. The molecule has 154 valence electrons. The molecule has 0 aliphatic carbocycles. The van der Waals surface area contributed by atoms with E-state index in [9.17, 15) is 4.79 Å². The fourth-order valence-corrected chi connectivity index (χ4v) is 3.21. The van der Waals surface area contributed by atoms with Gasteiger partial charge in [0, 0.05) is 5.56 Å². The van der Waals surface area contributed by atoms with Crippen molar-refractivity contribution in [1.82, 2.24) is 5.32 Å². The maximum absolute atomic E-state index is 12.8. The van der Waals surface area contributed by atoms with E-state index in [-0.39, 0.29) is 18.7 Å². The molecule has 0 saturated carbocycles. The van der Waals surface area contributed by atoms with E-state index in [0.717, 1.165) is 11.1 Å². The van der Waals surface area contributed by atoms with Crippen LogP contribution in [0.2, 0.25) is 0 Å². The van der Waals surface area contributed by atoms with Gasteiger partial charge >= 0.3 is 0 Å². The number of carbonyl (C=O) groups excluding carboxylic acids is 1. The summed E-state index contributed by atoms with van der Waals surface area (Å²) in [7, 11) is 1.56. The first-order valence-electron chi connectivity index (χ1n) is 9.69. The summed E-state index contributed by atoms with van der Waals surface area (Å²) in [6.07, 6.45) is 0. The highest BCUT2D eigenvalue weighted by Gasteiger charge is 2.18. The number of hydrogen-bond donors (Lipinski definition) is 1. The van der Waals surface area contributed by atoms with E-state index in [2.05, 4.69) is 5.32 Å². The second kappa shape index (κ2) is 8.78. The molecule has 1 aliphatic rings. The third kappa shape index (κ3) is 4.33.